The number of hydrogen-bond donors (Lipinski definition) is 1. The van der Waals surface area contributed by atoms with Crippen LogP contribution in [-0.2, 0) is 4.79 Å². The molecule has 1 amide bonds. The summed E-state index contributed by atoms with van der Waals surface area (Å²) < 4.78 is 0. The van der Waals surface area contributed by atoms with E-state index >= 15 is 0 Å². The van der Waals surface area contributed by atoms with E-state index in [9.17, 15) is 9.90 Å². The molecule has 2 rings (SSSR count). The number of aromatic hydroxyl groups is 1. The maximum absolute atomic E-state index is 13.1. The molecule has 21 heavy (non-hydrogen) atoms. The van der Waals surface area contributed by atoms with Crippen LogP contribution in [0.4, 0.5) is 5.69 Å². The van der Waals surface area contributed by atoms with Crippen LogP contribution in [0.1, 0.15) is 52.0 Å². The first-order chi connectivity index (χ1) is 9.86. The van der Waals surface area contributed by atoms with Gasteiger partial charge in [0.25, 0.3) is 0 Å². The number of nitrogens with zero attached hydrogens (tertiary/aromatic N) is 1. The van der Waals surface area contributed by atoms with Crippen molar-refractivity contribution >= 4 is 11.6 Å². The fraction of sp³-hybridized carbons (Fsp3) is 0.611. The first kappa shape index (κ1) is 15.9. The molecule has 0 radical (unpaired) electrons. The van der Waals surface area contributed by atoms with E-state index in [1.807, 2.05) is 24.8 Å². The first-order valence-electron chi connectivity index (χ1n) is 7.98. The number of rotatable bonds is 3. The van der Waals surface area contributed by atoms with Crippen molar-refractivity contribution in [2.75, 3.05) is 11.4 Å². The molecule has 1 saturated carbocycles. The molecule has 0 aromatic heterocycles. The molecule has 1 aromatic rings. The summed E-state index contributed by atoms with van der Waals surface area (Å²) in [4.78, 5) is 14.9. The van der Waals surface area contributed by atoms with Crippen molar-refractivity contribution in [3.05, 3.63) is 23.8 Å². The van der Waals surface area contributed by atoms with Gasteiger partial charge in [-0.1, -0.05) is 32.8 Å². The zero-order chi connectivity index (χ0) is 15.6. The monoisotopic (exact) mass is 289 g/mol. The molecule has 116 valence electrons. The fourth-order valence-electron chi connectivity index (χ4n) is 3.47. The standard InChI is InChI=1S/C18H27NO2/c1-5-19(16-12-14(20)10-9-13(16)2)17(21)15-8-6-7-11-18(15,3)4/h9-10,12,15,20H,5-8,11H2,1-4H3. The normalized spacial score (nSPS) is 21.0. The lowest BCUT2D eigenvalue weighted by Crippen LogP contribution is -2.44. The molecular weight excluding hydrogens is 262 g/mol. The topological polar surface area (TPSA) is 40.5 Å². The maximum Gasteiger partial charge on any atom is 0.230 e. The maximum atomic E-state index is 13.1. The third-order valence-electron chi connectivity index (χ3n) is 4.87. The van der Waals surface area contributed by atoms with Gasteiger partial charge in [-0.3, -0.25) is 4.79 Å². The Morgan fingerprint density at radius 2 is 2.10 bits per heavy atom. The van der Waals surface area contributed by atoms with Crippen molar-refractivity contribution in [3.8, 4) is 5.75 Å². The van der Waals surface area contributed by atoms with E-state index < -0.39 is 0 Å². The minimum atomic E-state index is 0.0630. The number of benzene rings is 1. The van der Waals surface area contributed by atoms with Crippen molar-refractivity contribution < 1.29 is 9.90 Å². The summed E-state index contributed by atoms with van der Waals surface area (Å²) in [7, 11) is 0. The van der Waals surface area contributed by atoms with Gasteiger partial charge in [-0.25, -0.2) is 0 Å². The second-order valence-corrected chi connectivity index (χ2v) is 6.84. The second kappa shape index (κ2) is 6.08. The SMILES string of the molecule is CCN(C(=O)C1CCCCC1(C)C)c1cc(O)ccc1C. The zero-order valence-electron chi connectivity index (χ0n) is 13.6. The summed E-state index contributed by atoms with van der Waals surface area (Å²) >= 11 is 0. The molecule has 1 unspecified atom stereocenters. The van der Waals surface area contributed by atoms with Crippen molar-refractivity contribution in [1.29, 1.82) is 0 Å². The Kier molecular flexibility index (Phi) is 4.60. The van der Waals surface area contributed by atoms with Crippen molar-refractivity contribution in [2.24, 2.45) is 11.3 Å². The summed E-state index contributed by atoms with van der Waals surface area (Å²) in [6, 6.07) is 5.24. The number of anilines is 1. The predicted molar refractivity (Wildman–Crippen MR) is 86.6 cm³/mol. The molecule has 1 atom stereocenters. The molecular formula is C18H27NO2. The van der Waals surface area contributed by atoms with Crippen LogP contribution in [-0.4, -0.2) is 17.6 Å². The largest absolute Gasteiger partial charge is 0.508 e. The molecule has 0 heterocycles. The minimum Gasteiger partial charge on any atom is -0.508 e. The van der Waals surface area contributed by atoms with Gasteiger partial charge in [-0.2, -0.15) is 0 Å². The third-order valence-corrected chi connectivity index (χ3v) is 4.87. The summed E-state index contributed by atoms with van der Waals surface area (Å²) in [5, 5.41) is 9.74. The predicted octanol–water partition coefficient (Wildman–Crippen LogP) is 4.27. The summed E-state index contributed by atoms with van der Waals surface area (Å²) in [5.74, 6) is 0.494. The third kappa shape index (κ3) is 3.22. The Labute approximate surface area is 128 Å². The van der Waals surface area contributed by atoms with E-state index in [4.69, 9.17) is 0 Å². The molecule has 0 bridgehead atoms. The number of aryl methyl sites for hydroxylation is 1. The Balaban J connectivity index is 2.32. The molecule has 3 nitrogen and oxygen atoms in total. The number of hydrogen-bond acceptors (Lipinski definition) is 2. The van der Waals surface area contributed by atoms with Crippen LogP contribution in [0.3, 0.4) is 0 Å². The van der Waals surface area contributed by atoms with Crippen molar-refractivity contribution in [3.63, 3.8) is 0 Å². The Morgan fingerprint density at radius 1 is 1.38 bits per heavy atom. The summed E-state index contributed by atoms with van der Waals surface area (Å²) in [6.07, 6.45) is 4.44. The average Bonchev–Trinajstić information content (AvgIpc) is 2.42. The van der Waals surface area contributed by atoms with Gasteiger partial charge in [0.1, 0.15) is 5.75 Å². The molecule has 0 aliphatic heterocycles. The molecule has 1 aliphatic rings. The van der Waals surface area contributed by atoms with Crippen molar-refractivity contribution in [2.45, 2.75) is 53.4 Å². The highest BCUT2D eigenvalue weighted by Gasteiger charge is 2.39. The quantitative estimate of drug-likeness (QED) is 0.902. The van der Waals surface area contributed by atoms with Gasteiger partial charge >= 0.3 is 0 Å². The lowest BCUT2D eigenvalue weighted by Gasteiger charge is -2.40. The van der Waals surface area contributed by atoms with Gasteiger partial charge in [0.2, 0.25) is 5.91 Å². The molecule has 0 saturated heterocycles. The van der Waals surface area contributed by atoms with E-state index in [0.717, 1.165) is 30.5 Å². The molecule has 3 heteroatoms. The number of amides is 1. The Bertz CT molecular complexity index is 522. The summed E-state index contributed by atoms with van der Waals surface area (Å²) in [6.45, 7) is 9.03. The lowest BCUT2D eigenvalue weighted by atomic mass is 9.68. The number of carbonyl (C=O) groups is 1. The Hall–Kier alpha value is -1.51. The van der Waals surface area contributed by atoms with E-state index in [1.54, 1.807) is 12.1 Å². The smallest absolute Gasteiger partial charge is 0.230 e. The van der Waals surface area contributed by atoms with E-state index in [0.29, 0.717) is 6.54 Å². The van der Waals surface area contributed by atoms with Crippen LogP contribution >= 0.6 is 0 Å². The van der Waals surface area contributed by atoms with E-state index in [2.05, 4.69) is 13.8 Å². The average molecular weight is 289 g/mol. The molecule has 1 aromatic carbocycles. The van der Waals surface area contributed by atoms with Crippen LogP contribution in [0.15, 0.2) is 18.2 Å². The van der Waals surface area contributed by atoms with Crippen LogP contribution in [0.5, 0.6) is 5.75 Å². The molecule has 1 N–H and O–H groups in total. The van der Waals surface area contributed by atoms with E-state index in [-0.39, 0.29) is 23.0 Å². The minimum absolute atomic E-state index is 0.0630. The van der Waals surface area contributed by atoms with Crippen LogP contribution in [0.2, 0.25) is 0 Å². The van der Waals surface area contributed by atoms with Gasteiger partial charge in [-0.15, -0.1) is 0 Å². The van der Waals surface area contributed by atoms with Gasteiger partial charge in [0, 0.05) is 18.5 Å². The molecule has 0 spiro atoms. The number of phenolic OH excluding ortho intramolecular Hbond substituents is 1. The number of phenols is 1. The Morgan fingerprint density at radius 3 is 2.71 bits per heavy atom. The van der Waals surface area contributed by atoms with Gasteiger partial charge in [-0.05, 0) is 43.7 Å². The summed E-state index contributed by atoms with van der Waals surface area (Å²) in [5.41, 5.74) is 1.92. The lowest BCUT2D eigenvalue weighted by molar-refractivity contribution is -0.127. The van der Waals surface area contributed by atoms with Gasteiger partial charge < -0.3 is 10.0 Å². The zero-order valence-corrected chi connectivity index (χ0v) is 13.6. The van der Waals surface area contributed by atoms with E-state index in [1.165, 1.54) is 6.42 Å². The van der Waals surface area contributed by atoms with Crippen LogP contribution < -0.4 is 4.90 Å². The van der Waals surface area contributed by atoms with Crippen molar-refractivity contribution in [1.82, 2.24) is 0 Å². The highest BCUT2D eigenvalue weighted by Crippen LogP contribution is 2.42. The van der Waals surface area contributed by atoms with Crippen LogP contribution in [0.25, 0.3) is 0 Å². The fourth-order valence-corrected chi connectivity index (χ4v) is 3.47. The van der Waals surface area contributed by atoms with Gasteiger partial charge in [0.15, 0.2) is 0 Å². The molecule has 1 fully saturated rings. The van der Waals surface area contributed by atoms with Gasteiger partial charge in [0.05, 0.1) is 5.69 Å². The van der Waals surface area contributed by atoms with Crippen LogP contribution in [0, 0.1) is 18.3 Å². The first-order valence-corrected chi connectivity index (χ1v) is 7.98. The highest BCUT2D eigenvalue weighted by atomic mass is 16.3. The number of carbonyl (C=O) groups excluding carboxylic acids is 1. The molecule has 1 aliphatic carbocycles. The highest BCUT2D eigenvalue weighted by molar-refractivity contribution is 5.96. The second-order valence-electron chi connectivity index (χ2n) is 6.84.